The predicted octanol–water partition coefficient (Wildman–Crippen LogP) is -1.17. The number of nitrogens with two attached hydrogens (primary N) is 1. The van der Waals surface area contributed by atoms with Gasteiger partial charge in [-0.3, -0.25) is 13.9 Å². The van der Waals surface area contributed by atoms with Crippen molar-refractivity contribution in [1.82, 2.24) is 19.1 Å². The summed E-state index contributed by atoms with van der Waals surface area (Å²) in [5.41, 5.74) is 3.54. The molecule has 104 valence electrons. The number of aromatic amines is 1. The lowest BCUT2D eigenvalue weighted by atomic mass is 10.5. The van der Waals surface area contributed by atoms with Gasteiger partial charge in [0, 0.05) is 14.1 Å². The molecule has 0 aliphatic carbocycles. The Bertz CT molecular complexity index is 725. The van der Waals surface area contributed by atoms with Crippen LogP contribution in [-0.2, 0) is 14.1 Å². The Morgan fingerprint density at radius 2 is 1.89 bits per heavy atom. The first-order valence-electron chi connectivity index (χ1n) is 5.35. The highest BCUT2D eigenvalue weighted by molar-refractivity contribution is 5.71. The fourth-order valence-electron chi connectivity index (χ4n) is 1.40. The molecule has 0 spiro atoms. The number of aromatic nitrogens is 4. The zero-order chi connectivity index (χ0) is 14.7. The van der Waals surface area contributed by atoms with E-state index in [1.807, 2.05) is 6.92 Å². The first-order valence-corrected chi connectivity index (χ1v) is 5.35. The van der Waals surface area contributed by atoms with E-state index in [4.69, 9.17) is 5.73 Å². The molecular formula is C9H14N6O4. The van der Waals surface area contributed by atoms with Crippen molar-refractivity contribution in [1.29, 1.82) is 0 Å². The highest BCUT2D eigenvalue weighted by Crippen LogP contribution is 2.09. The van der Waals surface area contributed by atoms with Crippen LogP contribution >= 0.6 is 0 Å². The number of aryl methyl sites for hydroxylation is 1. The van der Waals surface area contributed by atoms with Gasteiger partial charge in [-0.15, -0.1) is 0 Å². The maximum atomic E-state index is 11.6. The van der Waals surface area contributed by atoms with Crippen LogP contribution in [-0.4, -0.2) is 30.6 Å². The number of H-pyrrole nitrogens is 1. The summed E-state index contributed by atoms with van der Waals surface area (Å²) in [6, 6.07) is 0. The number of rotatable bonds is 1. The Kier molecular flexibility index (Phi) is 4.17. The van der Waals surface area contributed by atoms with Crippen molar-refractivity contribution in [3.05, 3.63) is 31.0 Å². The molecule has 10 nitrogen and oxygen atoms in total. The number of hydrogen-bond acceptors (Lipinski definition) is 6. The summed E-state index contributed by atoms with van der Waals surface area (Å²) in [5, 5.41) is 10.5. The molecule has 0 saturated carbocycles. The highest BCUT2D eigenvalue weighted by Gasteiger charge is 2.20. The Balaban J connectivity index is 0.000000550. The monoisotopic (exact) mass is 270 g/mol. The lowest BCUT2D eigenvalue weighted by Crippen LogP contribution is -2.36. The largest absolute Gasteiger partial charge is 0.435 e. The molecule has 3 N–H and O–H groups in total. The van der Waals surface area contributed by atoms with Gasteiger partial charge in [-0.25, -0.2) is 9.78 Å². The third-order valence-corrected chi connectivity index (χ3v) is 2.26. The molecule has 0 radical (unpaired) electrons. The van der Waals surface area contributed by atoms with Gasteiger partial charge in [0.15, 0.2) is 0 Å². The predicted molar refractivity (Wildman–Crippen MR) is 68.0 cm³/mol. The van der Waals surface area contributed by atoms with E-state index in [1.54, 1.807) is 0 Å². The van der Waals surface area contributed by atoms with Gasteiger partial charge in [-0.05, 0) is 16.5 Å². The Morgan fingerprint density at radius 1 is 1.37 bits per heavy atom. The van der Waals surface area contributed by atoms with Gasteiger partial charge in [0.2, 0.25) is 5.52 Å². The van der Waals surface area contributed by atoms with E-state index in [-0.39, 0.29) is 11.2 Å². The number of hydrogen-bond donors (Lipinski definition) is 2. The Hall–Kier alpha value is -2.49. The van der Waals surface area contributed by atoms with Crippen molar-refractivity contribution in [2.75, 3.05) is 6.54 Å². The van der Waals surface area contributed by atoms with Crippen molar-refractivity contribution in [2.45, 2.75) is 6.92 Å². The first kappa shape index (κ1) is 14.6. The van der Waals surface area contributed by atoms with Gasteiger partial charge in [0.25, 0.3) is 11.2 Å². The van der Waals surface area contributed by atoms with Crippen LogP contribution < -0.4 is 17.0 Å². The summed E-state index contributed by atoms with van der Waals surface area (Å²) in [7, 11) is 2.67. The van der Waals surface area contributed by atoms with E-state index in [0.29, 0.717) is 0 Å². The van der Waals surface area contributed by atoms with Crippen LogP contribution in [0.25, 0.3) is 11.2 Å². The van der Waals surface area contributed by atoms with Crippen LogP contribution in [0.4, 0.5) is 5.95 Å². The van der Waals surface area contributed by atoms with Crippen molar-refractivity contribution < 1.29 is 4.92 Å². The van der Waals surface area contributed by atoms with Crippen LogP contribution in [0.2, 0.25) is 0 Å². The van der Waals surface area contributed by atoms with Crippen molar-refractivity contribution in [2.24, 2.45) is 19.8 Å². The zero-order valence-corrected chi connectivity index (χ0v) is 10.7. The van der Waals surface area contributed by atoms with Gasteiger partial charge < -0.3 is 15.8 Å². The second kappa shape index (κ2) is 5.44. The molecule has 10 heteroatoms. The molecule has 2 heterocycles. The van der Waals surface area contributed by atoms with Crippen LogP contribution in [0, 0.1) is 10.1 Å². The van der Waals surface area contributed by atoms with Crippen molar-refractivity contribution >= 4 is 17.1 Å². The van der Waals surface area contributed by atoms with Crippen LogP contribution in [0.1, 0.15) is 6.92 Å². The number of imidazole rings is 1. The van der Waals surface area contributed by atoms with E-state index in [0.717, 1.165) is 15.7 Å². The third kappa shape index (κ3) is 2.52. The molecule has 0 amide bonds. The van der Waals surface area contributed by atoms with Crippen LogP contribution in [0.15, 0.2) is 9.59 Å². The van der Waals surface area contributed by atoms with Gasteiger partial charge in [0.05, 0.1) is 0 Å². The minimum Gasteiger partial charge on any atom is -0.390 e. The van der Waals surface area contributed by atoms with Gasteiger partial charge in [-0.2, -0.15) is 0 Å². The maximum Gasteiger partial charge on any atom is 0.435 e. The number of fused-ring (bicyclic) bond motifs is 1. The van der Waals surface area contributed by atoms with Crippen molar-refractivity contribution in [3.8, 4) is 0 Å². The molecule has 0 aliphatic rings. The molecule has 2 aromatic heterocycles. The minimum atomic E-state index is -0.760. The van der Waals surface area contributed by atoms with E-state index in [2.05, 4.69) is 9.97 Å². The molecule has 0 aliphatic heterocycles. The molecule has 2 rings (SSSR count). The minimum absolute atomic E-state index is 0.0280. The Morgan fingerprint density at radius 3 is 2.37 bits per heavy atom. The molecule has 0 atom stereocenters. The SMILES string of the molecule is CCN.Cn1c(=O)c2[nH]c([N+](=O)[O-])nc2n(C)c1=O. The molecule has 0 saturated heterocycles. The van der Waals surface area contributed by atoms with Crippen LogP contribution in [0.3, 0.4) is 0 Å². The first-order chi connectivity index (χ1) is 8.84. The summed E-state index contributed by atoms with van der Waals surface area (Å²) in [4.78, 5) is 38.6. The van der Waals surface area contributed by atoms with E-state index >= 15 is 0 Å². The summed E-state index contributed by atoms with van der Waals surface area (Å²) in [6.07, 6.45) is 0. The average molecular weight is 270 g/mol. The number of nitrogens with one attached hydrogen (secondary N) is 1. The topological polar surface area (TPSA) is 142 Å². The Labute approximate surface area is 106 Å². The summed E-state index contributed by atoms with van der Waals surface area (Å²) < 4.78 is 1.92. The molecule has 19 heavy (non-hydrogen) atoms. The lowest BCUT2D eigenvalue weighted by Gasteiger charge is -1.98. The fourth-order valence-corrected chi connectivity index (χ4v) is 1.40. The molecular weight excluding hydrogens is 256 g/mol. The molecule has 2 aromatic rings. The molecule has 0 unspecified atom stereocenters. The molecule has 0 aromatic carbocycles. The van der Waals surface area contributed by atoms with Gasteiger partial charge >= 0.3 is 11.6 Å². The quantitative estimate of drug-likeness (QED) is 0.494. The summed E-state index contributed by atoms with van der Waals surface area (Å²) >= 11 is 0. The third-order valence-electron chi connectivity index (χ3n) is 2.26. The van der Waals surface area contributed by atoms with Crippen molar-refractivity contribution in [3.63, 3.8) is 0 Å². The van der Waals surface area contributed by atoms with Gasteiger partial charge in [0.1, 0.15) is 0 Å². The normalized spacial score (nSPS) is 10.1. The summed E-state index contributed by atoms with van der Waals surface area (Å²) in [6.45, 7) is 2.65. The highest BCUT2D eigenvalue weighted by atomic mass is 16.6. The zero-order valence-electron chi connectivity index (χ0n) is 10.7. The number of nitro groups is 1. The standard InChI is InChI=1S/C7H7N5O4.C2H7N/c1-10-4-3(5(13)11(2)7(10)14)8-6(9-4)12(15)16;1-2-3/h1-2H3,(H,8,9);2-3H2,1H3. The van der Waals surface area contributed by atoms with Gasteiger partial charge in [-0.1, -0.05) is 6.92 Å². The summed E-state index contributed by atoms with van der Waals surface area (Å²) in [5.74, 6) is -0.562. The lowest BCUT2D eigenvalue weighted by molar-refractivity contribution is -0.393. The van der Waals surface area contributed by atoms with E-state index in [9.17, 15) is 19.7 Å². The second-order valence-corrected chi connectivity index (χ2v) is 3.63. The average Bonchev–Trinajstić information content (AvgIpc) is 2.80. The van der Waals surface area contributed by atoms with E-state index < -0.39 is 22.1 Å². The molecule has 0 bridgehead atoms. The maximum absolute atomic E-state index is 11.6. The number of nitrogens with zero attached hydrogens (tertiary/aromatic N) is 4. The smallest absolute Gasteiger partial charge is 0.390 e. The fraction of sp³-hybridized carbons (Fsp3) is 0.444. The van der Waals surface area contributed by atoms with E-state index in [1.165, 1.54) is 14.1 Å². The second-order valence-electron chi connectivity index (χ2n) is 3.63. The van der Waals surface area contributed by atoms with Crippen LogP contribution in [0.5, 0.6) is 0 Å². The molecule has 0 fully saturated rings.